The van der Waals surface area contributed by atoms with Gasteiger partial charge in [0.05, 0.1) is 11.1 Å². The second-order valence-electron chi connectivity index (χ2n) is 5.31. The Hall–Kier alpha value is -1.42. The summed E-state index contributed by atoms with van der Waals surface area (Å²) in [7, 11) is 0. The maximum absolute atomic E-state index is 8.67. The van der Waals surface area contributed by atoms with Crippen molar-refractivity contribution in [3.8, 4) is 5.75 Å². The van der Waals surface area contributed by atoms with E-state index >= 15 is 0 Å². The van der Waals surface area contributed by atoms with Crippen LogP contribution >= 0.6 is 11.6 Å². The van der Waals surface area contributed by atoms with Crippen LogP contribution in [0.5, 0.6) is 5.75 Å². The van der Waals surface area contributed by atoms with Gasteiger partial charge < -0.3 is 15.7 Å². The zero-order chi connectivity index (χ0) is 14.5. The zero-order valence-corrected chi connectivity index (χ0v) is 12.4. The molecular formula is C15H21ClN2O2. The van der Waals surface area contributed by atoms with Gasteiger partial charge in [-0.15, -0.1) is 0 Å². The van der Waals surface area contributed by atoms with Crippen LogP contribution < -0.4 is 10.5 Å². The van der Waals surface area contributed by atoms with Gasteiger partial charge in [0.15, 0.2) is 5.84 Å². The lowest BCUT2D eigenvalue weighted by atomic mass is 9.85. The quantitative estimate of drug-likeness (QED) is 0.384. The predicted octanol–water partition coefficient (Wildman–Crippen LogP) is 3.78. The van der Waals surface area contributed by atoms with E-state index < -0.39 is 0 Å². The lowest BCUT2D eigenvalue weighted by Crippen LogP contribution is -2.25. The van der Waals surface area contributed by atoms with Gasteiger partial charge in [0.1, 0.15) is 5.75 Å². The van der Waals surface area contributed by atoms with Crippen LogP contribution in [-0.4, -0.2) is 17.1 Å². The molecule has 1 fully saturated rings. The molecular weight excluding hydrogens is 276 g/mol. The minimum atomic E-state index is 0.00487. The lowest BCUT2D eigenvalue weighted by Gasteiger charge is -2.29. The Kier molecular flexibility index (Phi) is 5.12. The summed E-state index contributed by atoms with van der Waals surface area (Å²) in [4.78, 5) is 0. The third-order valence-electron chi connectivity index (χ3n) is 3.94. The Labute approximate surface area is 124 Å². The molecule has 1 saturated carbocycles. The van der Waals surface area contributed by atoms with Gasteiger partial charge >= 0.3 is 0 Å². The maximum Gasteiger partial charge on any atom is 0.171 e. The Balaban J connectivity index is 2.05. The normalized spacial score (nSPS) is 23.6. The smallest absolute Gasteiger partial charge is 0.171 e. The first-order valence-corrected chi connectivity index (χ1v) is 7.46. The average molecular weight is 297 g/mol. The predicted molar refractivity (Wildman–Crippen MR) is 80.6 cm³/mol. The number of ether oxygens (including phenoxy) is 1. The number of hydrogen-bond acceptors (Lipinski definition) is 3. The topological polar surface area (TPSA) is 67.8 Å². The number of halogens is 1. The fraction of sp³-hybridized carbons (Fsp3) is 0.533. The molecule has 3 N–H and O–H groups in total. The lowest BCUT2D eigenvalue weighted by molar-refractivity contribution is 0.122. The molecule has 0 radical (unpaired) electrons. The highest BCUT2D eigenvalue weighted by molar-refractivity contribution is 6.34. The summed E-state index contributed by atoms with van der Waals surface area (Å²) >= 11 is 6.12. The van der Waals surface area contributed by atoms with Crippen LogP contribution in [0.3, 0.4) is 0 Å². The number of oxime groups is 1. The van der Waals surface area contributed by atoms with Crippen LogP contribution in [0.4, 0.5) is 0 Å². The molecule has 1 aromatic carbocycles. The minimum Gasteiger partial charge on any atom is -0.490 e. The highest BCUT2D eigenvalue weighted by atomic mass is 35.5. The van der Waals surface area contributed by atoms with Crippen molar-refractivity contribution >= 4 is 17.4 Å². The van der Waals surface area contributed by atoms with E-state index in [1.807, 2.05) is 6.07 Å². The molecule has 0 bridgehead atoms. The van der Waals surface area contributed by atoms with E-state index in [-0.39, 0.29) is 11.9 Å². The number of hydrogen-bond donors (Lipinski definition) is 2. The van der Waals surface area contributed by atoms with Crippen molar-refractivity contribution in [3.63, 3.8) is 0 Å². The molecule has 0 spiro atoms. The number of amidine groups is 1. The van der Waals surface area contributed by atoms with E-state index in [2.05, 4.69) is 12.1 Å². The maximum atomic E-state index is 8.67. The standard InChI is InChI=1S/C15H21ClN2O2/c1-2-10-4-3-5-11(8-10)20-12-6-7-13(14(16)9-12)15(17)18-19/h6-7,9-11,19H,2-5,8H2,1H3,(H2,17,18). The minimum absolute atomic E-state index is 0.00487. The second kappa shape index (κ2) is 6.84. The van der Waals surface area contributed by atoms with Gasteiger partial charge in [0.2, 0.25) is 0 Å². The van der Waals surface area contributed by atoms with Crippen molar-refractivity contribution in [2.75, 3.05) is 0 Å². The van der Waals surface area contributed by atoms with Gasteiger partial charge in [-0.1, -0.05) is 36.5 Å². The largest absolute Gasteiger partial charge is 0.490 e. The van der Waals surface area contributed by atoms with E-state index in [0.29, 0.717) is 10.6 Å². The van der Waals surface area contributed by atoms with E-state index in [9.17, 15) is 0 Å². The first kappa shape index (κ1) is 15.0. The van der Waals surface area contributed by atoms with Crippen molar-refractivity contribution in [2.45, 2.75) is 45.1 Å². The molecule has 4 nitrogen and oxygen atoms in total. The van der Waals surface area contributed by atoms with Gasteiger partial charge in [-0.05, 0) is 43.4 Å². The first-order valence-electron chi connectivity index (χ1n) is 7.08. The third-order valence-corrected chi connectivity index (χ3v) is 4.25. The highest BCUT2D eigenvalue weighted by Crippen LogP contribution is 2.31. The number of rotatable bonds is 4. The summed E-state index contributed by atoms with van der Waals surface area (Å²) in [5.41, 5.74) is 6.05. The van der Waals surface area contributed by atoms with Gasteiger partial charge in [0.25, 0.3) is 0 Å². The molecule has 1 aliphatic rings. The fourth-order valence-electron chi connectivity index (χ4n) is 2.74. The van der Waals surface area contributed by atoms with Crippen LogP contribution in [-0.2, 0) is 0 Å². The summed E-state index contributed by atoms with van der Waals surface area (Å²) in [5, 5.41) is 12.1. The monoisotopic (exact) mass is 296 g/mol. The molecule has 110 valence electrons. The average Bonchev–Trinajstić information content (AvgIpc) is 2.47. The molecule has 0 saturated heterocycles. The summed E-state index contributed by atoms with van der Waals surface area (Å²) in [6.45, 7) is 2.23. The Morgan fingerprint density at radius 3 is 2.95 bits per heavy atom. The van der Waals surface area contributed by atoms with Crippen LogP contribution in [0, 0.1) is 5.92 Å². The number of nitrogens with two attached hydrogens (primary N) is 1. The third kappa shape index (κ3) is 3.57. The van der Waals surface area contributed by atoms with Crippen LogP contribution in [0.1, 0.15) is 44.6 Å². The Bertz CT molecular complexity index is 491. The SMILES string of the molecule is CCC1CCCC(Oc2ccc(C(N)=NO)c(Cl)c2)C1. The molecule has 0 heterocycles. The van der Waals surface area contributed by atoms with Crippen molar-refractivity contribution in [1.29, 1.82) is 0 Å². The molecule has 20 heavy (non-hydrogen) atoms. The molecule has 2 unspecified atom stereocenters. The molecule has 2 atom stereocenters. The Morgan fingerprint density at radius 2 is 2.30 bits per heavy atom. The van der Waals surface area contributed by atoms with Crippen molar-refractivity contribution in [3.05, 3.63) is 28.8 Å². The Morgan fingerprint density at radius 1 is 1.50 bits per heavy atom. The molecule has 0 aliphatic heterocycles. The fourth-order valence-corrected chi connectivity index (χ4v) is 3.01. The van der Waals surface area contributed by atoms with Gasteiger partial charge in [-0.25, -0.2) is 0 Å². The highest BCUT2D eigenvalue weighted by Gasteiger charge is 2.22. The van der Waals surface area contributed by atoms with E-state index in [1.54, 1.807) is 12.1 Å². The zero-order valence-electron chi connectivity index (χ0n) is 11.7. The van der Waals surface area contributed by atoms with E-state index in [4.69, 9.17) is 27.3 Å². The molecule has 2 rings (SSSR count). The van der Waals surface area contributed by atoms with Crippen LogP contribution in [0.15, 0.2) is 23.4 Å². The number of benzene rings is 1. The number of nitrogens with zero attached hydrogens (tertiary/aromatic N) is 1. The molecule has 0 amide bonds. The van der Waals surface area contributed by atoms with Gasteiger partial charge in [-0.2, -0.15) is 0 Å². The van der Waals surface area contributed by atoms with Crippen molar-refractivity contribution in [2.24, 2.45) is 16.8 Å². The summed E-state index contributed by atoms with van der Waals surface area (Å²) < 4.78 is 6.01. The molecule has 5 heteroatoms. The van der Waals surface area contributed by atoms with Crippen molar-refractivity contribution in [1.82, 2.24) is 0 Å². The van der Waals surface area contributed by atoms with Crippen LogP contribution in [0.25, 0.3) is 0 Å². The van der Waals surface area contributed by atoms with Crippen molar-refractivity contribution < 1.29 is 9.94 Å². The molecule has 0 aromatic heterocycles. The van der Waals surface area contributed by atoms with Gasteiger partial charge in [-0.3, -0.25) is 0 Å². The van der Waals surface area contributed by atoms with E-state index in [1.165, 1.54) is 19.3 Å². The summed E-state index contributed by atoms with van der Waals surface area (Å²) in [5.74, 6) is 1.51. The molecule has 1 aliphatic carbocycles. The summed E-state index contributed by atoms with van der Waals surface area (Å²) in [6.07, 6.45) is 6.20. The van der Waals surface area contributed by atoms with E-state index in [0.717, 1.165) is 24.5 Å². The second-order valence-corrected chi connectivity index (χ2v) is 5.71. The van der Waals surface area contributed by atoms with Crippen LogP contribution in [0.2, 0.25) is 5.02 Å². The first-order chi connectivity index (χ1) is 9.63. The molecule has 1 aromatic rings. The summed E-state index contributed by atoms with van der Waals surface area (Å²) in [6, 6.07) is 5.26. The van der Waals surface area contributed by atoms with Gasteiger partial charge in [0, 0.05) is 5.56 Å².